The van der Waals surface area contributed by atoms with E-state index in [0.717, 1.165) is 6.42 Å². The molecule has 6 heteroatoms. The second-order valence-corrected chi connectivity index (χ2v) is 10.7. The number of aliphatic hydroxyl groups excluding tert-OH is 1. The van der Waals surface area contributed by atoms with Crippen LogP contribution in [0, 0.1) is 28.1 Å². The number of fused-ring (bicyclic) bond motifs is 1. The molecule has 0 bridgehead atoms. The second-order valence-electron chi connectivity index (χ2n) is 10.7. The normalized spacial score (nSPS) is 65.3. The highest BCUT2D eigenvalue weighted by Gasteiger charge is 2.95. The Morgan fingerprint density at radius 3 is 2.54 bits per heavy atom. The molecule has 4 aliphatic heterocycles. The maximum absolute atomic E-state index is 11.9. The van der Waals surface area contributed by atoms with Gasteiger partial charge in [-0.3, -0.25) is 0 Å². The van der Waals surface area contributed by atoms with E-state index in [0.29, 0.717) is 26.2 Å². The fourth-order valence-electron chi connectivity index (χ4n) is 8.44. The van der Waals surface area contributed by atoms with Gasteiger partial charge in [0.15, 0.2) is 6.29 Å². The highest BCUT2D eigenvalue weighted by molar-refractivity contribution is 5.40. The SMILES string of the molecule is C[C@@H]1COC2CC34C5C[C@@H](C(C)(C)C)C36C(OC[C@@H]6O)OC4(CO5)[C@]21O. The van der Waals surface area contributed by atoms with Crippen LogP contribution in [0.4, 0.5) is 0 Å². The van der Waals surface area contributed by atoms with Crippen LogP contribution in [0.5, 0.6) is 0 Å². The number of hydrogen-bond acceptors (Lipinski definition) is 6. The smallest absolute Gasteiger partial charge is 0.167 e. The molecule has 0 aromatic carbocycles. The summed E-state index contributed by atoms with van der Waals surface area (Å²) in [6.45, 7) is 9.93. The highest BCUT2D eigenvalue weighted by atomic mass is 16.7. The summed E-state index contributed by atoms with van der Waals surface area (Å²) in [5, 5.41) is 23.3. The van der Waals surface area contributed by atoms with E-state index in [4.69, 9.17) is 18.9 Å². The first-order valence-corrected chi connectivity index (χ1v) is 10.1. The molecule has 2 saturated carbocycles. The van der Waals surface area contributed by atoms with Gasteiger partial charge in [0.2, 0.25) is 0 Å². The third-order valence-corrected chi connectivity index (χ3v) is 9.20. The molecule has 4 saturated heterocycles. The van der Waals surface area contributed by atoms with Crippen molar-refractivity contribution >= 4 is 0 Å². The van der Waals surface area contributed by atoms with E-state index >= 15 is 0 Å². The Bertz CT molecular complexity index is 676. The molecule has 0 aromatic rings. The average molecular weight is 366 g/mol. The zero-order valence-corrected chi connectivity index (χ0v) is 16.0. The van der Waals surface area contributed by atoms with Crippen molar-refractivity contribution in [3.63, 3.8) is 0 Å². The predicted molar refractivity (Wildman–Crippen MR) is 90.2 cm³/mol. The molecular formula is C20H30O6. The lowest BCUT2D eigenvalue weighted by Crippen LogP contribution is -2.64. The zero-order valence-electron chi connectivity index (χ0n) is 16.0. The molecule has 26 heavy (non-hydrogen) atoms. The first-order chi connectivity index (χ1) is 12.2. The Kier molecular flexibility index (Phi) is 2.79. The van der Waals surface area contributed by atoms with Crippen molar-refractivity contribution in [2.24, 2.45) is 28.1 Å². The first kappa shape index (κ1) is 16.7. The Morgan fingerprint density at radius 2 is 1.81 bits per heavy atom. The van der Waals surface area contributed by atoms with E-state index in [2.05, 4.69) is 20.8 Å². The molecule has 0 amide bonds. The molecule has 2 aliphatic carbocycles. The van der Waals surface area contributed by atoms with Crippen molar-refractivity contribution in [3.05, 3.63) is 0 Å². The molecule has 6 fully saturated rings. The quantitative estimate of drug-likeness (QED) is 0.668. The molecule has 2 spiro atoms. The van der Waals surface area contributed by atoms with E-state index in [-0.39, 0.29) is 29.5 Å². The zero-order chi connectivity index (χ0) is 18.3. The average Bonchev–Trinajstić information content (AvgIpc) is 3.28. The predicted octanol–water partition coefficient (Wildman–Crippen LogP) is 1.08. The van der Waals surface area contributed by atoms with E-state index in [9.17, 15) is 10.2 Å². The standard InChI is InChI=1S/C20H30O6/c1-10-7-23-14-6-17-13-5-11(16(2,3)4)19(17)12(21)8-24-15(19)26-18(17,9-25-13)20(10,14)22/h10-15,21-22H,5-9H2,1-4H3/t10-,11+,12+,13?,14?,15?,17?,18?,19?,20-/m1/s1. The molecule has 6 nitrogen and oxygen atoms in total. The largest absolute Gasteiger partial charge is 0.390 e. The van der Waals surface area contributed by atoms with Crippen molar-refractivity contribution in [1.29, 1.82) is 0 Å². The molecule has 0 radical (unpaired) electrons. The van der Waals surface area contributed by atoms with Crippen molar-refractivity contribution in [2.75, 3.05) is 19.8 Å². The second kappa shape index (κ2) is 4.34. The topological polar surface area (TPSA) is 77.4 Å². The highest BCUT2D eigenvalue weighted by Crippen LogP contribution is 2.84. The maximum atomic E-state index is 11.9. The Hall–Kier alpha value is -0.240. The third-order valence-electron chi connectivity index (χ3n) is 9.20. The summed E-state index contributed by atoms with van der Waals surface area (Å²) in [5.74, 6) is 0.165. The van der Waals surface area contributed by atoms with Crippen LogP contribution in [0.2, 0.25) is 0 Å². The summed E-state index contributed by atoms with van der Waals surface area (Å²) < 4.78 is 25.2. The lowest BCUT2D eigenvalue weighted by Gasteiger charge is -2.49. The van der Waals surface area contributed by atoms with E-state index in [1.165, 1.54) is 0 Å². The fourth-order valence-corrected chi connectivity index (χ4v) is 8.44. The lowest BCUT2D eigenvalue weighted by molar-refractivity contribution is -0.244. The van der Waals surface area contributed by atoms with Crippen LogP contribution in [0.25, 0.3) is 0 Å². The molecule has 146 valence electrons. The van der Waals surface area contributed by atoms with Gasteiger partial charge in [-0.2, -0.15) is 0 Å². The summed E-state index contributed by atoms with van der Waals surface area (Å²) in [5.41, 5.74) is -2.96. The number of rotatable bonds is 0. The van der Waals surface area contributed by atoms with Gasteiger partial charge < -0.3 is 29.2 Å². The molecule has 6 rings (SSSR count). The van der Waals surface area contributed by atoms with Gasteiger partial charge in [0.1, 0.15) is 11.2 Å². The van der Waals surface area contributed by atoms with Crippen molar-refractivity contribution < 1.29 is 29.2 Å². The summed E-state index contributed by atoms with van der Waals surface area (Å²) in [6.07, 6.45) is 0.188. The van der Waals surface area contributed by atoms with E-state index < -0.39 is 34.4 Å². The lowest BCUT2D eigenvalue weighted by atomic mass is 9.51. The number of ether oxygens (including phenoxy) is 4. The van der Waals surface area contributed by atoms with E-state index in [1.807, 2.05) is 6.92 Å². The minimum atomic E-state index is -1.09. The van der Waals surface area contributed by atoms with Gasteiger partial charge in [0.25, 0.3) is 0 Å². The Labute approximate surface area is 154 Å². The summed E-state index contributed by atoms with van der Waals surface area (Å²) >= 11 is 0. The van der Waals surface area contributed by atoms with Crippen molar-refractivity contribution in [2.45, 2.75) is 76.3 Å². The third kappa shape index (κ3) is 1.26. The first-order valence-electron chi connectivity index (χ1n) is 10.1. The van der Waals surface area contributed by atoms with E-state index in [1.54, 1.807) is 0 Å². The van der Waals surface area contributed by atoms with Gasteiger partial charge in [-0.15, -0.1) is 0 Å². The van der Waals surface area contributed by atoms with Gasteiger partial charge in [-0.1, -0.05) is 27.7 Å². The van der Waals surface area contributed by atoms with Gasteiger partial charge in [0.05, 0.1) is 43.5 Å². The number of aliphatic hydroxyl groups is 2. The maximum Gasteiger partial charge on any atom is 0.167 e. The molecule has 10 atom stereocenters. The summed E-state index contributed by atoms with van der Waals surface area (Å²) in [6, 6.07) is 0. The molecule has 4 heterocycles. The fraction of sp³-hybridized carbons (Fsp3) is 1.00. The van der Waals surface area contributed by atoms with Gasteiger partial charge in [-0.25, -0.2) is 0 Å². The van der Waals surface area contributed by atoms with Crippen LogP contribution >= 0.6 is 0 Å². The molecule has 0 aromatic heterocycles. The summed E-state index contributed by atoms with van der Waals surface area (Å²) in [7, 11) is 0. The Morgan fingerprint density at radius 1 is 1.04 bits per heavy atom. The molecular weight excluding hydrogens is 336 g/mol. The molecule has 6 unspecified atom stereocenters. The van der Waals surface area contributed by atoms with Crippen LogP contribution in [0.3, 0.4) is 0 Å². The minimum absolute atomic E-state index is 0.0262. The van der Waals surface area contributed by atoms with Gasteiger partial charge in [0, 0.05) is 11.3 Å². The monoisotopic (exact) mass is 366 g/mol. The minimum Gasteiger partial charge on any atom is -0.390 e. The van der Waals surface area contributed by atoms with Crippen molar-refractivity contribution in [3.8, 4) is 0 Å². The van der Waals surface area contributed by atoms with Crippen LogP contribution < -0.4 is 0 Å². The molecule has 6 aliphatic rings. The number of hydrogen-bond donors (Lipinski definition) is 2. The summed E-state index contributed by atoms with van der Waals surface area (Å²) in [4.78, 5) is 0. The van der Waals surface area contributed by atoms with Gasteiger partial charge in [-0.05, 0) is 24.2 Å². The van der Waals surface area contributed by atoms with Crippen LogP contribution in [0.1, 0.15) is 40.5 Å². The van der Waals surface area contributed by atoms with Gasteiger partial charge >= 0.3 is 0 Å². The van der Waals surface area contributed by atoms with Crippen LogP contribution in [0.15, 0.2) is 0 Å². The van der Waals surface area contributed by atoms with Crippen molar-refractivity contribution in [1.82, 2.24) is 0 Å². The Balaban J connectivity index is 1.64. The molecule has 2 N–H and O–H groups in total. The van der Waals surface area contributed by atoms with Crippen LogP contribution in [-0.2, 0) is 18.9 Å². The van der Waals surface area contributed by atoms with Crippen LogP contribution in [-0.4, -0.2) is 65.8 Å².